The predicted octanol–water partition coefficient (Wildman–Crippen LogP) is 3.29. The summed E-state index contributed by atoms with van der Waals surface area (Å²) in [4.78, 5) is 13.4. The number of rotatable bonds is 3. The first-order valence-corrected chi connectivity index (χ1v) is 7.63. The van der Waals surface area contributed by atoms with Gasteiger partial charge >= 0.3 is 0 Å². The molecule has 7 heteroatoms. The molecule has 5 nitrogen and oxygen atoms in total. The molecule has 0 saturated carbocycles. The summed E-state index contributed by atoms with van der Waals surface area (Å²) in [6.45, 7) is 0. The van der Waals surface area contributed by atoms with Crippen LogP contribution in [0.4, 0.5) is 8.78 Å². The standard InChI is InChI=1S/C18H13F2N5/c1-25-10-12(8-22-25)17-9-21-16-3-2-15(23-18(16)24-17)6-11-4-13(19)7-14(20)5-11/h2-5,7-10H,6H2,1H3. The second-order valence-electron chi connectivity index (χ2n) is 5.76. The summed E-state index contributed by atoms with van der Waals surface area (Å²) in [6, 6.07) is 7.03. The van der Waals surface area contributed by atoms with Gasteiger partial charge in [0.15, 0.2) is 5.65 Å². The Balaban J connectivity index is 1.70. The van der Waals surface area contributed by atoms with Crippen molar-refractivity contribution in [2.45, 2.75) is 6.42 Å². The Morgan fingerprint density at radius 3 is 2.52 bits per heavy atom. The molecule has 0 aliphatic heterocycles. The van der Waals surface area contributed by atoms with E-state index in [1.807, 2.05) is 13.2 Å². The third kappa shape index (κ3) is 3.21. The molecule has 3 aromatic heterocycles. The first kappa shape index (κ1) is 15.3. The molecule has 4 rings (SSSR count). The van der Waals surface area contributed by atoms with Crippen LogP contribution < -0.4 is 0 Å². The molecular formula is C18H13F2N5. The van der Waals surface area contributed by atoms with Crippen LogP contribution >= 0.6 is 0 Å². The lowest BCUT2D eigenvalue weighted by Crippen LogP contribution is -1.97. The Labute approximate surface area is 142 Å². The Morgan fingerprint density at radius 1 is 1.00 bits per heavy atom. The quantitative estimate of drug-likeness (QED) is 0.576. The Morgan fingerprint density at radius 2 is 1.80 bits per heavy atom. The van der Waals surface area contributed by atoms with E-state index in [1.165, 1.54) is 12.1 Å². The summed E-state index contributed by atoms with van der Waals surface area (Å²) < 4.78 is 28.4. The van der Waals surface area contributed by atoms with Gasteiger partial charge in [-0.3, -0.25) is 9.67 Å². The minimum atomic E-state index is -0.602. The van der Waals surface area contributed by atoms with Crippen molar-refractivity contribution in [2.75, 3.05) is 0 Å². The maximum Gasteiger partial charge on any atom is 0.179 e. The maximum absolute atomic E-state index is 13.3. The molecule has 0 saturated heterocycles. The van der Waals surface area contributed by atoms with Gasteiger partial charge in [0.25, 0.3) is 0 Å². The first-order valence-electron chi connectivity index (χ1n) is 7.63. The van der Waals surface area contributed by atoms with E-state index in [0.717, 1.165) is 11.6 Å². The second-order valence-corrected chi connectivity index (χ2v) is 5.76. The maximum atomic E-state index is 13.3. The third-order valence-corrected chi connectivity index (χ3v) is 3.77. The number of fused-ring (bicyclic) bond motifs is 1. The molecule has 124 valence electrons. The number of benzene rings is 1. The van der Waals surface area contributed by atoms with Gasteiger partial charge in [-0.25, -0.2) is 18.7 Å². The van der Waals surface area contributed by atoms with Crippen molar-refractivity contribution in [3.63, 3.8) is 0 Å². The second kappa shape index (κ2) is 6.01. The lowest BCUT2D eigenvalue weighted by Gasteiger charge is -2.04. The van der Waals surface area contributed by atoms with Crippen LogP contribution in [0.2, 0.25) is 0 Å². The van der Waals surface area contributed by atoms with E-state index < -0.39 is 11.6 Å². The molecule has 0 spiro atoms. The largest absolute Gasteiger partial charge is 0.275 e. The van der Waals surface area contributed by atoms with Gasteiger partial charge in [0.05, 0.1) is 18.1 Å². The summed E-state index contributed by atoms with van der Waals surface area (Å²) in [5.74, 6) is -1.20. The third-order valence-electron chi connectivity index (χ3n) is 3.77. The van der Waals surface area contributed by atoms with Crippen LogP contribution in [0.5, 0.6) is 0 Å². The molecule has 0 aliphatic carbocycles. The van der Waals surface area contributed by atoms with E-state index in [2.05, 4.69) is 20.1 Å². The molecular weight excluding hydrogens is 324 g/mol. The van der Waals surface area contributed by atoms with Gasteiger partial charge in [0, 0.05) is 37.0 Å². The minimum Gasteiger partial charge on any atom is -0.275 e. The van der Waals surface area contributed by atoms with Crippen LogP contribution in [-0.4, -0.2) is 24.7 Å². The highest BCUT2D eigenvalue weighted by Gasteiger charge is 2.08. The SMILES string of the molecule is Cn1cc(-c2cnc3ccc(Cc4cc(F)cc(F)c4)nc3n2)cn1. The van der Waals surface area contributed by atoms with E-state index in [4.69, 9.17) is 0 Å². The van der Waals surface area contributed by atoms with E-state index in [-0.39, 0.29) is 0 Å². The van der Waals surface area contributed by atoms with Crippen LogP contribution in [0.15, 0.2) is 48.9 Å². The number of aromatic nitrogens is 5. The van der Waals surface area contributed by atoms with Crippen LogP contribution in [0, 0.1) is 11.6 Å². The van der Waals surface area contributed by atoms with Crippen LogP contribution in [0.25, 0.3) is 22.4 Å². The van der Waals surface area contributed by atoms with E-state index >= 15 is 0 Å². The van der Waals surface area contributed by atoms with Gasteiger partial charge in [-0.15, -0.1) is 0 Å². The molecule has 0 N–H and O–H groups in total. The molecule has 0 aliphatic rings. The van der Waals surface area contributed by atoms with E-state index in [9.17, 15) is 8.78 Å². The fourth-order valence-corrected chi connectivity index (χ4v) is 2.65. The number of hydrogen-bond acceptors (Lipinski definition) is 4. The molecule has 0 radical (unpaired) electrons. The van der Waals surface area contributed by atoms with Crippen molar-refractivity contribution < 1.29 is 8.78 Å². The van der Waals surface area contributed by atoms with E-state index in [1.54, 1.807) is 29.2 Å². The van der Waals surface area contributed by atoms with Crippen molar-refractivity contribution in [3.8, 4) is 11.3 Å². The monoisotopic (exact) mass is 337 g/mol. The fraction of sp³-hybridized carbons (Fsp3) is 0.111. The van der Waals surface area contributed by atoms with Gasteiger partial charge < -0.3 is 0 Å². The topological polar surface area (TPSA) is 56.5 Å². The van der Waals surface area contributed by atoms with Crippen molar-refractivity contribution in [1.82, 2.24) is 24.7 Å². The lowest BCUT2D eigenvalue weighted by atomic mass is 10.1. The lowest BCUT2D eigenvalue weighted by molar-refractivity contribution is 0.580. The predicted molar refractivity (Wildman–Crippen MR) is 88.7 cm³/mol. The molecule has 0 atom stereocenters. The highest BCUT2D eigenvalue weighted by Crippen LogP contribution is 2.19. The zero-order valence-electron chi connectivity index (χ0n) is 13.3. The number of aryl methyl sites for hydroxylation is 1. The van der Waals surface area contributed by atoms with Gasteiger partial charge in [-0.2, -0.15) is 5.10 Å². The molecule has 0 bridgehead atoms. The number of halogens is 2. The molecule has 25 heavy (non-hydrogen) atoms. The highest BCUT2D eigenvalue weighted by molar-refractivity contribution is 5.73. The Kier molecular flexibility index (Phi) is 3.68. The summed E-state index contributed by atoms with van der Waals surface area (Å²) in [5.41, 5.74) is 3.83. The molecule has 0 unspecified atom stereocenters. The number of hydrogen-bond donors (Lipinski definition) is 0. The van der Waals surface area contributed by atoms with Gasteiger partial charge in [-0.1, -0.05) is 0 Å². The normalized spacial score (nSPS) is 11.2. The number of nitrogens with zero attached hydrogens (tertiary/aromatic N) is 5. The Bertz CT molecular complexity index is 1050. The highest BCUT2D eigenvalue weighted by atomic mass is 19.1. The van der Waals surface area contributed by atoms with Gasteiger partial charge in [-0.05, 0) is 29.8 Å². The molecule has 4 aromatic rings. The van der Waals surface area contributed by atoms with Crippen molar-refractivity contribution >= 4 is 11.2 Å². The summed E-state index contributed by atoms with van der Waals surface area (Å²) in [6.07, 6.45) is 5.52. The molecule has 3 heterocycles. The van der Waals surface area contributed by atoms with Crippen molar-refractivity contribution in [1.29, 1.82) is 0 Å². The average molecular weight is 337 g/mol. The smallest absolute Gasteiger partial charge is 0.179 e. The van der Waals surface area contributed by atoms with E-state index in [0.29, 0.717) is 34.5 Å². The first-order chi connectivity index (χ1) is 12.1. The Hall–Kier alpha value is -3.22. The summed E-state index contributed by atoms with van der Waals surface area (Å²) in [7, 11) is 1.83. The van der Waals surface area contributed by atoms with Gasteiger partial charge in [0.1, 0.15) is 17.2 Å². The fourth-order valence-electron chi connectivity index (χ4n) is 2.65. The zero-order valence-corrected chi connectivity index (χ0v) is 13.3. The molecule has 0 fully saturated rings. The summed E-state index contributed by atoms with van der Waals surface area (Å²) >= 11 is 0. The van der Waals surface area contributed by atoms with Crippen LogP contribution in [0.1, 0.15) is 11.3 Å². The van der Waals surface area contributed by atoms with Gasteiger partial charge in [0.2, 0.25) is 0 Å². The van der Waals surface area contributed by atoms with Crippen LogP contribution in [-0.2, 0) is 13.5 Å². The van der Waals surface area contributed by atoms with Crippen molar-refractivity contribution in [2.24, 2.45) is 7.05 Å². The summed E-state index contributed by atoms with van der Waals surface area (Å²) in [5, 5.41) is 4.12. The van der Waals surface area contributed by atoms with Crippen LogP contribution in [0.3, 0.4) is 0 Å². The van der Waals surface area contributed by atoms with Crippen molar-refractivity contribution in [3.05, 3.63) is 71.8 Å². The number of pyridine rings is 1. The molecule has 0 amide bonds. The average Bonchev–Trinajstić information content (AvgIpc) is 3.00. The zero-order chi connectivity index (χ0) is 17.4. The minimum absolute atomic E-state index is 0.309. The molecule has 1 aromatic carbocycles.